The van der Waals surface area contributed by atoms with Gasteiger partial charge in [-0.25, -0.2) is 18.0 Å². The molecular formula is C28H28ClF3N3O3P. The highest BCUT2D eigenvalue weighted by Gasteiger charge is 2.34. The van der Waals surface area contributed by atoms with E-state index >= 15 is 8.78 Å². The molecule has 3 aromatic rings. The average Bonchev–Trinajstić information content (AvgIpc) is 2.91. The lowest BCUT2D eigenvalue weighted by atomic mass is 10.0. The molecule has 4 rings (SSSR count). The maximum Gasteiger partial charge on any atom is 0.319 e. The zero-order chi connectivity index (χ0) is 28.3. The van der Waals surface area contributed by atoms with E-state index < -0.39 is 48.3 Å². The van der Waals surface area contributed by atoms with Crippen LogP contribution >= 0.6 is 18.7 Å². The van der Waals surface area contributed by atoms with Gasteiger partial charge in [0.05, 0.1) is 5.69 Å². The lowest BCUT2D eigenvalue weighted by Gasteiger charge is -2.33. The molecule has 0 aromatic heterocycles. The molecule has 1 aliphatic rings. The lowest BCUT2D eigenvalue weighted by Crippen LogP contribution is -2.53. The minimum absolute atomic E-state index is 0.0507. The third-order valence-electron chi connectivity index (χ3n) is 6.89. The zero-order valence-corrected chi connectivity index (χ0v) is 23.1. The van der Waals surface area contributed by atoms with Gasteiger partial charge in [-0.2, -0.15) is 0 Å². The number of hydrogen-bond donors (Lipinski definition) is 2. The second-order valence-electron chi connectivity index (χ2n) is 9.23. The van der Waals surface area contributed by atoms with E-state index in [1.54, 1.807) is 24.3 Å². The summed E-state index contributed by atoms with van der Waals surface area (Å²) in [6, 6.07) is 10.9. The first-order valence-corrected chi connectivity index (χ1v) is 15.0. The number of nitrogens with zero attached hydrogens (tertiary/aromatic N) is 1. The fourth-order valence-electron chi connectivity index (χ4n) is 4.75. The first kappa shape index (κ1) is 28.7. The molecule has 1 heterocycles. The Labute approximate surface area is 229 Å². The van der Waals surface area contributed by atoms with Gasteiger partial charge in [-0.1, -0.05) is 49.7 Å². The Morgan fingerprint density at radius 2 is 1.69 bits per heavy atom. The van der Waals surface area contributed by atoms with Crippen molar-refractivity contribution in [3.05, 3.63) is 77.1 Å². The summed E-state index contributed by atoms with van der Waals surface area (Å²) in [7, 11) is -2.75. The molecule has 206 valence electrons. The van der Waals surface area contributed by atoms with E-state index in [1.165, 1.54) is 12.1 Å². The van der Waals surface area contributed by atoms with Crippen LogP contribution in [0.2, 0.25) is 5.02 Å². The molecule has 0 unspecified atom stereocenters. The van der Waals surface area contributed by atoms with Crippen LogP contribution in [0.15, 0.2) is 54.6 Å². The van der Waals surface area contributed by atoms with Crippen LogP contribution in [-0.2, 0) is 9.36 Å². The molecule has 3 amide bonds. The quantitative estimate of drug-likeness (QED) is 0.304. The van der Waals surface area contributed by atoms with Crippen LogP contribution in [0.4, 0.5) is 29.3 Å². The van der Waals surface area contributed by atoms with Crippen molar-refractivity contribution in [3.8, 4) is 11.1 Å². The number of rotatable bonds is 7. The predicted molar refractivity (Wildman–Crippen MR) is 149 cm³/mol. The zero-order valence-electron chi connectivity index (χ0n) is 21.4. The van der Waals surface area contributed by atoms with Crippen molar-refractivity contribution in [3.63, 3.8) is 0 Å². The van der Waals surface area contributed by atoms with Gasteiger partial charge in [0.2, 0.25) is 5.91 Å². The predicted octanol–water partition coefficient (Wildman–Crippen LogP) is 6.77. The van der Waals surface area contributed by atoms with Crippen LogP contribution in [0.3, 0.4) is 0 Å². The van der Waals surface area contributed by atoms with Crippen molar-refractivity contribution in [1.82, 2.24) is 5.32 Å². The number of hydrogen-bond acceptors (Lipinski definition) is 3. The first-order chi connectivity index (χ1) is 18.6. The molecule has 1 atom stereocenters. The van der Waals surface area contributed by atoms with E-state index in [0.29, 0.717) is 29.6 Å². The van der Waals surface area contributed by atoms with E-state index in [4.69, 9.17) is 11.6 Å². The molecule has 0 bridgehead atoms. The van der Waals surface area contributed by atoms with Gasteiger partial charge >= 0.3 is 6.03 Å². The molecule has 0 aliphatic carbocycles. The van der Waals surface area contributed by atoms with Crippen molar-refractivity contribution in [2.45, 2.75) is 32.7 Å². The number of amides is 3. The highest BCUT2D eigenvalue weighted by molar-refractivity contribution is 7.71. The Kier molecular flexibility index (Phi) is 8.72. The van der Waals surface area contributed by atoms with Crippen molar-refractivity contribution in [2.24, 2.45) is 0 Å². The molecule has 3 aromatic carbocycles. The van der Waals surface area contributed by atoms with Gasteiger partial charge in [0.25, 0.3) is 0 Å². The summed E-state index contributed by atoms with van der Waals surface area (Å²) in [5.41, 5.74) is 0.0335. The van der Waals surface area contributed by atoms with E-state index in [9.17, 15) is 18.5 Å². The molecule has 1 aliphatic heterocycles. The van der Waals surface area contributed by atoms with Gasteiger partial charge in [0.1, 0.15) is 24.7 Å². The number of carbonyl (C=O) groups excluding carboxylic acids is 2. The summed E-state index contributed by atoms with van der Waals surface area (Å²) in [6.07, 6.45) is 1.44. The molecule has 1 saturated heterocycles. The molecular weight excluding hydrogens is 550 g/mol. The second kappa shape index (κ2) is 11.8. The lowest BCUT2D eigenvalue weighted by molar-refractivity contribution is -0.121. The molecule has 2 N–H and O–H groups in total. The summed E-state index contributed by atoms with van der Waals surface area (Å²) in [4.78, 5) is 26.6. The van der Waals surface area contributed by atoms with Crippen molar-refractivity contribution in [1.29, 1.82) is 0 Å². The van der Waals surface area contributed by atoms with Crippen LogP contribution < -0.4 is 20.8 Å². The fraction of sp³-hybridized carbons (Fsp3) is 0.286. The number of halogens is 4. The number of urea groups is 1. The van der Waals surface area contributed by atoms with Crippen LogP contribution in [-0.4, -0.2) is 36.8 Å². The van der Waals surface area contributed by atoms with Gasteiger partial charge in [-0.05, 0) is 54.3 Å². The van der Waals surface area contributed by atoms with E-state index in [2.05, 4.69) is 10.6 Å². The number of piperidine rings is 1. The Morgan fingerprint density at radius 1 is 1.03 bits per heavy atom. The normalized spacial score (nSPS) is 15.8. The van der Waals surface area contributed by atoms with Crippen LogP contribution in [0.5, 0.6) is 0 Å². The van der Waals surface area contributed by atoms with Gasteiger partial charge in [0.15, 0.2) is 11.6 Å². The third kappa shape index (κ3) is 5.99. The second-order valence-corrected chi connectivity index (χ2v) is 13.2. The maximum atomic E-state index is 15.4. The maximum absolute atomic E-state index is 15.4. The van der Waals surface area contributed by atoms with Gasteiger partial charge in [-0.3, -0.25) is 4.79 Å². The first-order valence-electron chi connectivity index (χ1n) is 12.6. The smallest absolute Gasteiger partial charge is 0.319 e. The summed E-state index contributed by atoms with van der Waals surface area (Å²) in [5, 5.41) is 5.48. The van der Waals surface area contributed by atoms with Gasteiger partial charge < -0.3 is 20.1 Å². The monoisotopic (exact) mass is 577 g/mol. The summed E-state index contributed by atoms with van der Waals surface area (Å²) >= 11 is 5.72. The molecule has 6 nitrogen and oxygen atoms in total. The molecule has 39 heavy (non-hydrogen) atoms. The molecule has 0 saturated carbocycles. The van der Waals surface area contributed by atoms with Crippen molar-refractivity contribution < 1.29 is 27.3 Å². The Hall–Kier alpha value is -3.29. The number of carbonyl (C=O) groups is 2. The van der Waals surface area contributed by atoms with Gasteiger partial charge in [-0.15, -0.1) is 0 Å². The fourth-order valence-corrected chi connectivity index (χ4v) is 7.04. The summed E-state index contributed by atoms with van der Waals surface area (Å²) < 4.78 is 58.4. The third-order valence-corrected chi connectivity index (χ3v) is 10.4. The SMILES string of the molecule is CCP(=O)(CC)c1ccccc1-c1cc(F)c(N2CCC[C@@H](NC(=O)Nc3ccc(Cl)cc3F)C2=O)c(F)c1. The highest BCUT2D eigenvalue weighted by Crippen LogP contribution is 2.46. The van der Waals surface area contributed by atoms with Gasteiger partial charge in [0, 0.05) is 29.2 Å². The van der Waals surface area contributed by atoms with E-state index in [-0.39, 0.29) is 29.2 Å². The number of nitrogens with one attached hydrogen (secondary N) is 2. The minimum atomic E-state index is -2.75. The van der Waals surface area contributed by atoms with Crippen LogP contribution in [0.1, 0.15) is 26.7 Å². The number of benzene rings is 3. The molecule has 11 heteroatoms. The molecule has 0 radical (unpaired) electrons. The Bertz CT molecular complexity index is 1440. The van der Waals surface area contributed by atoms with E-state index in [0.717, 1.165) is 23.1 Å². The van der Waals surface area contributed by atoms with Crippen molar-refractivity contribution in [2.75, 3.05) is 29.1 Å². The minimum Gasteiger partial charge on any atom is -0.326 e. The molecule has 0 spiro atoms. The standard InChI is InChI=1S/C28H28ClF3N3O3P/c1-3-39(38,4-2)25-10-6-5-8-19(25)17-14-21(31)26(22(32)15-17)35-13-7-9-24(27(35)36)34-28(37)33-23-12-11-18(29)16-20(23)30/h5-6,8,10-12,14-16,24H,3-4,7,9,13H2,1-2H3,(H2,33,34,37)/t24-/m1/s1. The van der Waals surface area contributed by atoms with Crippen LogP contribution in [0, 0.1) is 17.5 Å². The Morgan fingerprint density at radius 3 is 2.33 bits per heavy atom. The highest BCUT2D eigenvalue weighted by atomic mass is 35.5. The Balaban J connectivity index is 1.58. The summed E-state index contributed by atoms with van der Waals surface area (Å²) in [5.74, 6) is -3.36. The average molecular weight is 578 g/mol. The van der Waals surface area contributed by atoms with E-state index in [1.807, 2.05) is 13.8 Å². The topological polar surface area (TPSA) is 78.5 Å². The molecule has 1 fully saturated rings. The number of anilines is 2. The summed E-state index contributed by atoms with van der Waals surface area (Å²) in [6.45, 7) is 3.70. The largest absolute Gasteiger partial charge is 0.326 e. The van der Waals surface area contributed by atoms with Crippen LogP contribution in [0.25, 0.3) is 11.1 Å². The van der Waals surface area contributed by atoms with Crippen molar-refractivity contribution >= 4 is 47.4 Å².